The predicted octanol–water partition coefficient (Wildman–Crippen LogP) is -0.587. The van der Waals surface area contributed by atoms with E-state index >= 15 is 0 Å². The van der Waals surface area contributed by atoms with Crippen LogP contribution in [0.1, 0.15) is 19.2 Å². The van der Waals surface area contributed by atoms with E-state index in [2.05, 4.69) is 20.7 Å². The van der Waals surface area contributed by atoms with Gasteiger partial charge in [0.05, 0.1) is 18.6 Å². The van der Waals surface area contributed by atoms with Crippen LogP contribution in [0.4, 0.5) is 0 Å². The third kappa shape index (κ3) is 3.97. The Balaban J connectivity index is 2.03. The molecule has 1 fully saturated rings. The van der Waals surface area contributed by atoms with Crippen molar-refractivity contribution in [1.29, 1.82) is 0 Å². The molecular formula is C11H21N5O2S. The fourth-order valence-corrected chi connectivity index (χ4v) is 4.49. The number of nitrogens with one attached hydrogen (secondary N) is 1. The molecule has 19 heavy (non-hydrogen) atoms. The number of sulfone groups is 1. The Kier molecular flexibility index (Phi) is 4.51. The van der Waals surface area contributed by atoms with Crippen molar-refractivity contribution < 1.29 is 8.42 Å². The summed E-state index contributed by atoms with van der Waals surface area (Å²) in [6.45, 7) is 3.72. The van der Waals surface area contributed by atoms with Crippen molar-refractivity contribution in [3.63, 3.8) is 0 Å². The molecule has 1 aromatic rings. The standard InChI is InChI=1S/C11H21N5O2S/c1-3-12-7-10(6-11-13-15-16(2)14-11)9-4-5-19(17,18)8-9/h9-10,12H,3-8H2,1-2H3. The fourth-order valence-electron chi connectivity index (χ4n) is 2.57. The molecule has 7 nitrogen and oxygen atoms in total. The molecule has 1 aliphatic rings. The number of tetrazole rings is 1. The molecule has 108 valence electrons. The lowest BCUT2D eigenvalue weighted by Crippen LogP contribution is -2.31. The Hall–Kier alpha value is -1.02. The molecule has 2 unspecified atom stereocenters. The molecule has 0 radical (unpaired) electrons. The Labute approximate surface area is 113 Å². The maximum Gasteiger partial charge on any atom is 0.175 e. The van der Waals surface area contributed by atoms with Crippen LogP contribution in [0.25, 0.3) is 0 Å². The topological polar surface area (TPSA) is 89.8 Å². The second kappa shape index (κ2) is 5.96. The predicted molar refractivity (Wildman–Crippen MR) is 71.3 cm³/mol. The van der Waals surface area contributed by atoms with Gasteiger partial charge >= 0.3 is 0 Å². The van der Waals surface area contributed by atoms with Crippen LogP contribution in [-0.2, 0) is 23.3 Å². The van der Waals surface area contributed by atoms with E-state index in [1.807, 2.05) is 6.92 Å². The molecule has 2 atom stereocenters. The van der Waals surface area contributed by atoms with E-state index in [0.717, 1.165) is 19.5 Å². The molecule has 2 heterocycles. The minimum absolute atomic E-state index is 0.202. The Bertz CT molecular complexity index is 513. The highest BCUT2D eigenvalue weighted by Gasteiger charge is 2.34. The zero-order valence-corrected chi connectivity index (χ0v) is 12.2. The van der Waals surface area contributed by atoms with Crippen molar-refractivity contribution >= 4 is 9.84 Å². The molecule has 0 aromatic carbocycles. The minimum atomic E-state index is -2.84. The van der Waals surface area contributed by atoms with Crippen molar-refractivity contribution in [2.45, 2.75) is 19.8 Å². The maximum absolute atomic E-state index is 11.6. The molecule has 2 rings (SSSR count). The average molecular weight is 287 g/mol. The highest BCUT2D eigenvalue weighted by atomic mass is 32.2. The van der Waals surface area contributed by atoms with Gasteiger partial charge in [0.15, 0.2) is 15.7 Å². The van der Waals surface area contributed by atoms with Gasteiger partial charge in [0.2, 0.25) is 0 Å². The van der Waals surface area contributed by atoms with Crippen molar-refractivity contribution in [3.8, 4) is 0 Å². The van der Waals surface area contributed by atoms with E-state index in [-0.39, 0.29) is 11.8 Å². The van der Waals surface area contributed by atoms with Crippen LogP contribution in [0, 0.1) is 11.8 Å². The monoisotopic (exact) mass is 287 g/mol. The van der Waals surface area contributed by atoms with E-state index in [0.29, 0.717) is 23.8 Å². The summed E-state index contributed by atoms with van der Waals surface area (Å²) < 4.78 is 23.2. The smallest absolute Gasteiger partial charge is 0.175 e. The SMILES string of the molecule is CCNCC(Cc1nnn(C)n1)C1CCS(=O)(=O)C1. The van der Waals surface area contributed by atoms with Crippen molar-refractivity contribution in [1.82, 2.24) is 25.5 Å². The summed E-state index contributed by atoms with van der Waals surface area (Å²) in [5.41, 5.74) is 0. The van der Waals surface area contributed by atoms with Crippen LogP contribution in [-0.4, -0.2) is 53.2 Å². The summed E-state index contributed by atoms with van der Waals surface area (Å²) in [6.07, 6.45) is 1.43. The molecule has 0 saturated carbocycles. The summed E-state index contributed by atoms with van der Waals surface area (Å²) in [5, 5.41) is 15.3. The second-order valence-electron chi connectivity index (χ2n) is 5.13. The van der Waals surface area contributed by atoms with E-state index in [9.17, 15) is 8.42 Å². The first-order valence-electron chi connectivity index (χ1n) is 6.64. The van der Waals surface area contributed by atoms with Gasteiger partial charge in [-0.25, -0.2) is 8.42 Å². The molecule has 8 heteroatoms. The van der Waals surface area contributed by atoms with Crippen molar-refractivity contribution in [2.75, 3.05) is 24.6 Å². The number of hydrogen-bond donors (Lipinski definition) is 1. The number of nitrogens with zero attached hydrogens (tertiary/aromatic N) is 4. The zero-order chi connectivity index (χ0) is 13.9. The molecule has 0 aliphatic carbocycles. The lowest BCUT2D eigenvalue weighted by atomic mass is 9.88. The summed E-state index contributed by atoms with van der Waals surface area (Å²) >= 11 is 0. The normalized spacial score (nSPS) is 23.6. The van der Waals surface area contributed by atoms with Gasteiger partial charge in [-0.15, -0.1) is 10.2 Å². The van der Waals surface area contributed by atoms with E-state index in [4.69, 9.17) is 0 Å². The number of hydrogen-bond acceptors (Lipinski definition) is 6. The minimum Gasteiger partial charge on any atom is -0.317 e. The Morgan fingerprint density at radius 1 is 1.53 bits per heavy atom. The van der Waals surface area contributed by atoms with Crippen LogP contribution in [0.5, 0.6) is 0 Å². The number of aromatic nitrogens is 4. The maximum atomic E-state index is 11.6. The van der Waals surface area contributed by atoms with Gasteiger partial charge < -0.3 is 5.32 Å². The van der Waals surface area contributed by atoms with Gasteiger partial charge in [0.25, 0.3) is 0 Å². The van der Waals surface area contributed by atoms with Crippen LogP contribution >= 0.6 is 0 Å². The molecule has 1 aromatic heterocycles. The molecule has 1 N–H and O–H groups in total. The summed E-state index contributed by atoms with van der Waals surface area (Å²) in [6, 6.07) is 0. The first-order valence-corrected chi connectivity index (χ1v) is 8.46. The van der Waals surface area contributed by atoms with Gasteiger partial charge in [0.1, 0.15) is 0 Å². The summed E-state index contributed by atoms with van der Waals surface area (Å²) in [7, 11) is -1.11. The van der Waals surface area contributed by atoms with Gasteiger partial charge in [-0.1, -0.05) is 6.92 Å². The molecule has 1 saturated heterocycles. The Morgan fingerprint density at radius 2 is 2.32 bits per heavy atom. The number of aryl methyl sites for hydroxylation is 1. The molecule has 0 spiro atoms. The fraction of sp³-hybridized carbons (Fsp3) is 0.909. The average Bonchev–Trinajstić information content (AvgIpc) is 2.90. The van der Waals surface area contributed by atoms with Gasteiger partial charge in [0, 0.05) is 6.42 Å². The van der Waals surface area contributed by atoms with Gasteiger partial charge in [-0.05, 0) is 36.6 Å². The van der Waals surface area contributed by atoms with Crippen LogP contribution in [0.15, 0.2) is 0 Å². The highest BCUT2D eigenvalue weighted by molar-refractivity contribution is 7.91. The van der Waals surface area contributed by atoms with Crippen molar-refractivity contribution in [2.24, 2.45) is 18.9 Å². The zero-order valence-electron chi connectivity index (χ0n) is 11.4. The van der Waals surface area contributed by atoms with Crippen LogP contribution in [0.2, 0.25) is 0 Å². The molecule has 1 aliphatic heterocycles. The lowest BCUT2D eigenvalue weighted by molar-refractivity contribution is 0.340. The summed E-state index contributed by atoms with van der Waals surface area (Å²) in [5.74, 6) is 1.75. The third-order valence-electron chi connectivity index (χ3n) is 3.59. The highest BCUT2D eigenvalue weighted by Crippen LogP contribution is 2.27. The molecule has 0 bridgehead atoms. The number of rotatable bonds is 6. The van der Waals surface area contributed by atoms with E-state index in [1.165, 1.54) is 4.80 Å². The Morgan fingerprint density at radius 3 is 2.84 bits per heavy atom. The molecular weight excluding hydrogens is 266 g/mol. The van der Waals surface area contributed by atoms with E-state index in [1.54, 1.807) is 7.05 Å². The van der Waals surface area contributed by atoms with Crippen LogP contribution < -0.4 is 5.32 Å². The quantitative estimate of drug-likeness (QED) is 0.752. The second-order valence-corrected chi connectivity index (χ2v) is 7.36. The lowest BCUT2D eigenvalue weighted by Gasteiger charge is -2.21. The first kappa shape index (κ1) is 14.4. The largest absolute Gasteiger partial charge is 0.317 e. The van der Waals surface area contributed by atoms with Gasteiger partial charge in [-0.3, -0.25) is 0 Å². The summed E-state index contributed by atoms with van der Waals surface area (Å²) in [4.78, 5) is 1.44. The van der Waals surface area contributed by atoms with Crippen LogP contribution in [0.3, 0.4) is 0 Å². The first-order chi connectivity index (χ1) is 9.00. The van der Waals surface area contributed by atoms with E-state index < -0.39 is 9.84 Å². The molecule has 0 amide bonds. The third-order valence-corrected chi connectivity index (χ3v) is 5.38. The van der Waals surface area contributed by atoms with Crippen molar-refractivity contribution in [3.05, 3.63) is 5.82 Å². The van der Waals surface area contributed by atoms with Gasteiger partial charge in [-0.2, -0.15) is 4.80 Å².